The van der Waals surface area contributed by atoms with Crippen LogP contribution in [-0.2, 0) is 4.79 Å². The maximum Gasteiger partial charge on any atom is 0.240 e. The van der Waals surface area contributed by atoms with Gasteiger partial charge in [0.05, 0.1) is 0 Å². The fraction of sp³-hybridized carbons (Fsp3) is 0.643. The van der Waals surface area contributed by atoms with Gasteiger partial charge in [0.25, 0.3) is 0 Å². The molecule has 1 saturated carbocycles. The lowest BCUT2D eigenvalue weighted by atomic mass is 10.0. The van der Waals surface area contributed by atoms with E-state index in [2.05, 4.69) is 10.4 Å². The number of nitrogens with two attached hydrogens (primary N) is 2. The van der Waals surface area contributed by atoms with Gasteiger partial charge in [0, 0.05) is 18.0 Å². The van der Waals surface area contributed by atoms with Crippen molar-refractivity contribution in [1.29, 1.82) is 0 Å². The Morgan fingerprint density at radius 3 is 2.67 bits per heavy atom. The first-order chi connectivity index (χ1) is 10.1. The van der Waals surface area contributed by atoms with Gasteiger partial charge < -0.3 is 16.1 Å². The molecule has 0 bridgehead atoms. The number of anilines is 2. The number of hydrazine groups is 1. The van der Waals surface area contributed by atoms with Gasteiger partial charge in [0.2, 0.25) is 5.91 Å². The van der Waals surface area contributed by atoms with Gasteiger partial charge in [-0.3, -0.25) is 4.79 Å². The quantitative estimate of drug-likeness (QED) is 0.558. The summed E-state index contributed by atoms with van der Waals surface area (Å²) in [6.07, 6.45) is 5.07. The molecule has 1 saturated heterocycles. The third-order valence-electron chi connectivity index (χ3n) is 4.32. The fourth-order valence-electron chi connectivity index (χ4n) is 2.95. The van der Waals surface area contributed by atoms with Gasteiger partial charge in [-0.15, -0.1) is 0 Å². The Labute approximate surface area is 124 Å². The van der Waals surface area contributed by atoms with E-state index in [-0.39, 0.29) is 11.9 Å². The molecule has 1 aliphatic carbocycles. The van der Waals surface area contributed by atoms with Crippen molar-refractivity contribution in [3.8, 4) is 0 Å². The van der Waals surface area contributed by atoms with Gasteiger partial charge in [-0.2, -0.15) is 0 Å². The minimum atomic E-state index is -0.289. The zero-order valence-corrected chi connectivity index (χ0v) is 12.3. The largest absolute Gasteiger partial charge is 0.368 e. The summed E-state index contributed by atoms with van der Waals surface area (Å²) in [5.74, 6) is 7.96. The lowest BCUT2D eigenvalue weighted by Gasteiger charge is -2.35. The van der Waals surface area contributed by atoms with Crippen molar-refractivity contribution in [3.63, 3.8) is 0 Å². The van der Waals surface area contributed by atoms with Crippen molar-refractivity contribution in [1.82, 2.24) is 9.97 Å². The number of primary amides is 1. The number of hydrogen-bond donors (Lipinski definition) is 3. The molecule has 114 valence electrons. The van der Waals surface area contributed by atoms with E-state index in [0.717, 1.165) is 55.9 Å². The van der Waals surface area contributed by atoms with Crippen LogP contribution >= 0.6 is 0 Å². The van der Waals surface area contributed by atoms with E-state index in [0.29, 0.717) is 11.7 Å². The highest BCUT2D eigenvalue weighted by Gasteiger charge is 2.33. The second-order valence-corrected chi connectivity index (χ2v) is 5.90. The number of nitrogen functional groups attached to an aromatic ring is 1. The summed E-state index contributed by atoms with van der Waals surface area (Å²) >= 11 is 0. The van der Waals surface area contributed by atoms with Crippen molar-refractivity contribution in [2.24, 2.45) is 11.6 Å². The average Bonchev–Trinajstić information content (AvgIpc) is 3.32. The number of rotatable bonds is 4. The summed E-state index contributed by atoms with van der Waals surface area (Å²) in [5, 5.41) is 0. The minimum absolute atomic E-state index is 0.287. The maximum atomic E-state index is 11.7. The van der Waals surface area contributed by atoms with Crippen LogP contribution < -0.4 is 21.9 Å². The van der Waals surface area contributed by atoms with Crippen LogP contribution in [0.15, 0.2) is 0 Å². The Bertz CT molecular complexity index is 557. The molecule has 1 atom stereocenters. The van der Waals surface area contributed by atoms with Crippen LogP contribution in [0.4, 0.5) is 11.6 Å². The number of nitrogens with zero attached hydrogens (tertiary/aromatic N) is 3. The number of carbonyl (C=O) groups excluding carboxylic acids is 1. The Morgan fingerprint density at radius 1 is 1.29 bits per heavy atom. The zero-order valence-electron chi connectivity index (χ0n) is 12.3. The predicted molar refractivity (Wildman–Crippen MR) is 80.7 cm³/mol. The SMILES string of the molecule is Cc1c(NN)nc(C2CC2)nc1N1CCCCC1C(N)=O. The van der Waals surface area contributed by atoms with E-state index in [1.54, 1.807) is 0 Å². The topological polar surface area (TPSA) is 110 Å². The summed E-state index contributed by atoms with van der Waals surface area (Å²) in [5.41, 5.74) is 9.08. The number of piperidine rings is 1. The Kier molecular flexibility index (Phi) is 3.67. The molecular formula is C14H22N6O. The molecule has 1 amide bonds. The molecule has 2 heterocycles. The van der Waals surface area contributed by atoms with Crippen LogP contribution in [0, 0.1) is 6.92 Å². The van der Waals surface area contributed by atoms with Crippen LogP contribution in [0.25, 0.3) is 0 Å². The number of carbonyl (C=O) groups is 1. The van der Waals surface area contributed by atoms with Gasteiger partial charge in [-0.25, -0.2) is 15.8 Å². The van der Waals surface area contributed by atoms with Crippen LogP contribution in [0.3, 0.4) is 0 Å². The van der Waals surface area contributed by atoms with Crippen LogP contribution in [0.5, 0.6) is 0 Å². The summed E-state index contributed by atoms with van der Waals surface area (Å²) in [6, 6.07) is -0.287. The molecule has 0 radical (unpaired) electrons. The van der Waals surface area contributed by atoms with Gasteiger partial charge >= 0.3 is 0 Å². The minimum Gasteiger partial charge on any atom is -0.368 e. The van der Waals surface area contributed by atoms with Crippen molar-refractivity contribution in [2.45, 2.75) is 51.0 Å². The standard InChI is InChI=1S/C14H22N6O/c1-8-12(19-16)17-13(9-5-6-9)18-14(8)20-7-3-2-4-10(20)11(15)21/h9-10H,2-7,16H2,1H3,(H2,15,21)(H,17,18,19). The van der Waals surface area contributed by atoms with E-state index in [1.165, 1.54) is 0 Å². The molecule has 0 aromatic carbocycles. The molecule has 0 spiro atoms. The summed E-state index contributed by atoms with van der Waals surface area (Å²) in [4.78, 5) is 23.0. The van der Waals surface area contributed by atoms with Gasteiger partial charge in [0.1, 0.15) is 23.5 Å². The van der Waals surface area contributed by atoms with Crippen molar-refractivity contribution in [2.75, 3.05) is 16.9 Å². The molecule has 21 heavy (non-hydrogen) atoms. The van der Waals surface area contributed by atoms with E-state index in [9.17, 15) is 4.79 Å². The van der Waals surface area contributed by atoms with E-state index >= 15 is 0 Å². The molecular weight excluding hydrogens is 268 g/mol. The zero-order chi connectivity index (χ0) is 15.0. The molecule has 2 fully saturated rings. The van der Waals surface area contributed by atoms with E-state index < -0.39 is 0 Å². The normalized spacial score (nSPS) is 22.2. The number of aromatic nitrogens is 2. The summed E-state index contributed by atoms with van der Waals surface area (Å²) in [7, 11) is 0. The van der Waals surface area contributed by atoms with Gasteiger partial charge in [0.15, 0.2) is 0 Å². The Morgan fingerprint density at radius 2 is 2.05 bits per heavy atom. The number of nitrogens with one attached hydrogen (secondary N) is 1. The van der Waals surface area contributed by atoms with Crippen molar-refractivity contribution < 1.29 is 4.79 Å². The average molecular weight is 290 g/mol. The molecule has 1 unspecified atom stereocenters. The highest BCUT2D eigenvalue weighted by atomic mass is 16.1. The second kappa shape index (κ2) is 5.48. The highest BCUT2D eigenvalue weighted by molar-refractivity contribution is 5.84. The monoisotopic (exact) mass is 290 g/mol. The molecule has 1 aromatic rings. The molecule has 2 aliphatic rings. The van der Waals surface area contributed by atoms with E-state index in [4.69, 9.17) is 16.6 Å². The molecule has 1 aromatic heterocycles. The first kappa shape index (κ1) is 14.1. The smallest absolute Gasteiger partial charge is 0.240 e. The predicted octanol–water partition coefficient (Wildman–Crippen LogP) is 0.792. The third-order valence-corrected chi connectivity index (χ3v) is 4.32. The third kappa shape index (κ3) is 2.65. The van der Waals surface area contributed by atoms with Crippen LogP contribution in [0.2, 0.25) is 0 Å². The van der Waals surface area contributed by atoms with Gasteiger partial charge in [-0.05, 0) is 39.0 Å². The number of hydrogen-bond acceptors (Lipinski definition) is 6. The maximum absolute atomic E-state index is 11.7. The first-order valence-corrected chi connectivity index (χ1v) is 7.53. The van der Waals surface area contributed by atoms with Crippen LogP contribution in [0.1, 0.15) is 49.4 Å². The van der Waals surface area contributed by atoms with E-state index in [1.807, 2.05) is 11.8 Å². The number of amides is 1. The first-order valence-electron chi connectivity index (χ1n) is 7.53. The lowest BCUT2D eigenvalue weighted by molar-refractivity contribution is -0.119. The highest BCUT2D eigenvalue weighted by Crippen LogP contribution is 2.40. The molecule has 7 heteroatoms. The molecule has 7 nitrogen and oxygen atoms in total. The summed E-state index contributed by atoms with van der Waals surface area (Å²) in [6.45, 7) is 2.72. The molecule has 1 aliphatic heterocycles. The Hall–Kier alpha value is -1.89. The van der Waals surface area contributed by atoms with Crippen molar-refractivity contribution in [3.05, 3.63) is 11.4 Å². The van der Waals surface area contributed by atoms with Gasteiger partial charge in [-0.1, -0.05) is 0 Å². The lowest BCUT2D eigenvalue weighted by Crippen LogP contribution is -2.48. The fourth-order valence-corrected chi connectivity index (χ4v) is 2.95. The summed E-state index contributed by atoms with van der Waals surface area (Å²) < 4.78 is 0. The second-order valence-electron chi connectivity index (χ2n) is 5.90. The van der Waals surface area contributed by atoms with Crippen molar-refractivity contribution >= 4 is 17.5 Å². The van der Waals surface area contributed by atoms with Crippen LogP contribution in [-0.4, -0.2) is 28.5 Å². The molecule has 5 N–H and O–H groups in total. The molecule has 3 rings (SSSR count). The Balaban J connectivity index is 2.02.